The van der Waals surface area contributed by atoms with Crippen molar-refractivity contribution in [1.29, 1.82) is 0 Å². The van der Waals surface area contributed by atoms with Gasteiger partial charge in [0.2, 0.25) is 0 Å². The molecule has 0 aliphatic rings. The Balaban J connectivity index is 2.14. The maximum atomic E-state index is 4.22. The molecule has 0 amide bonds. The fraction of sp³-hybridized carbons (Fsp3) is 0.188. The first-order chi connectivity index (χ1) is 9.16. The molecule has 0 saturated heterocycles. The maximum Gasteiger partial charge on any atom is 0.0542 e. The van der Waals surface area contributed by atoms with Gasteiger partial charge >= 0.3 is 0 Å². The highest BCUT2D eigenvalue weighted by Gasteiger charge is 2.02. The molecule has 0 atom stereocenters. The topological polar surface area (TPSA) is 18.8 Å². The van der Waals surface area contributed by atoms with Gasteiger partial charge in [0.15, 0.2) is 0 Å². The molecule has 3 nitrogen and oxygen atoms in total. The van der Waals surface area contributed by atoms with E-state index in [9.17, 15) is 0 Å². The Hall–Kier alpha value is -2.29. The zero-order chi connectivity index (χ0) is 13.7. The van der Waals surface area contributed by atoms with E-state index in [-0.39, 0.29) is 0 Å². The molecule has 0 heterocycles. The molecule has 98 valence electrons. The van der Waals surface area contributed by atoms with Crippen molar-refractivity contribution in [3.63, 3.8) is 0 Å². The van der Waals surface area contributed by atoms with Gasteiger partial charge in [-0.3, -0.25) is 0 Å². The van der Waals surface area contributed by atoms with Crippen LogP contribution < -0.4 is 4.90 Å². The highest BCUT2D eigenvalue weighted by Crippen LogP contribution is 2.22. The second-order valence-corrected chi connectivity index (χ2v) is 4.58. The first kappa shape index (κ1) is 13.1. The number of benzene rings is 2. The summed E-state index contributed by atoms with van der Waals surface area (Å²) in [7, 11) is 5.89. The maximum absolute atomic E-state index is 4.22. The number of hydrogen-bond acceptors (Lipinski definition) is 3. The van der Waals surface area contributed by atoms with Gasteiger partial charge in [0.25, 0.3) is 0 Å². The average molecular weight is 253 g/mol. The van der Waals surface area contributed by atoms with Crippen molar-refractivity contribution in [3.8, 4) is 0 Å². The minimum Gasteiger partial charge on any atom is -0.345 e. The fourth-order valence-electron chi connectivity index (χ4n) is 1.77. The van der Waals surface area contributed by atoms with Crippen LogP contribution in [0.1, 0.15) is 5.56 Å². The van der Waals surface area contributed by atoms with Gasteiger partial charge in [0, 0.05) is 32.5 Å². The summed E-state index contributed by atoms with van der Waals surface area (Å²) >= 11 is 0. The fourth-order valence-corrected chi connectivity index (χ4v) is 1.77. The van der Waals surface area contributed by atoms with Gasteiger partial charge in [-0.05, 0) is 29.8 Å². The van der Waals surface area contributed by atoms with Gasteiger partial charge in [0.05, 0.1) is 6.21 Å². The summed E-state index contributed by atoms with van der Waals surface area (Å²) in [6, 6.07) is 18.7. The van der Waals surface area contributed by atoms with Gasteiger partial charge in [-0.1, -0.05) is 30.3 Å². The van der Waals surface area contributed by atoms with Crippen LogP contribution in [0.5, 0.6) is 0 Å². The lowest BCUT2D eigenvalue weighted by Crippen LogP contribution is -2.09. The molecule has 0 radical (unpaired) electrons. The van der Waals surface area contributed by atoms with Crippen LogP contribution in [0.15, 0.2) is 59.7 Å². The van der Waals surface area contributed by atoms with E-state index in [0.29, 0.717) is 0 Å². The zero-order valence-corrected chi connectivity index (χ0v) is 11.6. The molecule has 0 N–H and O–H groups in total. The van der Waals surface area contributed by atoms with Crippen LogP contribution in [-0.2, 0) is 0 Å². The largest absolute Gasteiger partial charge is 0.345 e. The van der Waals surface area contributed by atoms with Gasteiger partial charge < -0.3 is 9.91 Å². The predicted molar refractivity (Wildman–Crippen MR) is 82.2 cm³/mol. The summed E-state index contributed by atoms with van der Waals surface area (Å²) in [5.41, 5.74) is 3.43. The Bertz CT molecular complexity index is 530. The van der Waals surface area contributed by atoms with Gasteiger partial charge in [-0.15, -0.1) is 0 Å². The van der Waals surface area contributed by atoms with E-state index in [2.05, 4.69) is 53.4 Å². The minimum atomic E-state index is 1.10. The van der Waals surface area contributed by atoms with E-state index >= 15 is 0 Å². The lowest BCUT2D eigenvalue weighted by molar-refractivity contribution is 0.440. The van der Waals surface area contributed by atoms with E-state index in [1.165, 1.54) is 5.69 Å². The number of rotatable bonds is 4. The van der Waals surface area contributed by atoms with Crippen molar-refractivity contribution in [3.05, 3.63) is 60.2 Å². The SMILES string of the molecule is CN(C)/N=C/c1ccc(N(C)c2ccccc2)cc1. The smallest absolute Gasteiger partial charge is 0.0542 e. The molecule has 0 aromatic heterocycles. The molecule has 0 fully saturated rings. The minimum absolute atomic E-state index is 1.10. The Morgan fingerprint density at radius 2 is 1.37 bits per heavy atom. The van der Waals surface area contributed by atoms with Crippen LogP contribution in [0, 0.1) is 0 Å². The third-order valence-electron chi connectivity index (χ3n) is 2.86. The highest BCUT2D eigenvalue weighted by atomic mass is 15.4. The zero-order valence-electron chi connectivity index (χ0n) is 11.6. The molecule has 0 aliphatic carbocycles. The Kier molecular flexibility index (Phi) is 4.18. The quantitative estimate of drug-likeness (QED) is 0.614. The Morgan fingerprint density at radius 1 is 0.789 bits per heavy atom. The number of hydrogen-bond donors (Lipinski definition) is 0. The predicted octanol–water partition coefficient (Wildman–Crippen LogP) is 3.35. The molecule has 0 unspecified atom stereocenters. The summed E-state index contributed by atoms with van der Waals surface area (Å²) in [4.78, 5) is 2.16. The molecule has 0 saturated carbocycles. The molecular weight excluding hydrogens is 234 g/mol. The summed E-state index contributed by atoms with van der Waals surface area (Å²) in [5, 5.41) is 6.00. The number of anilines is 2. The Labute approximate surface area is 114 Å². The third-order valence-corrected chi connectivity index (χ3v) is 2.86. The summed E-state index contributed by atoms with van der Waals surface area (Å²) in [6.45, 7) is 0. The molecule has 3 heteroatoms. The summed E-state index contributed by atoms with van der Waals surface area (Å²) in [5.74, 6) is 0. The molecule has 2 rings (SSSR count). The van der Waals surface area contributed by atoms with E-state index in [1.54, 1.807) is 5.01 Å². The molecule has 2 aromatic rings. The summed E-state index contributed by atoms with van der Waals surface area (Å²) < 4.78 is 0. The van der Waals surface area contributed by atoms with Crippen LogP contribution in [0.4, 0.5) is 11.4 Å². The van der Waals surface area contributed by atoms with Gasteiger partial charge in [0.1, 0.15) is 0 Å². The normalized spacial score (nSPS) is 10.7. The second kappa shape index (κ2) is 6.05. The lowest BCUT2D eigenvalue weighted by Gasteiger charge is -2.19. The summed E-state index contributed by atoms with van der Waals surface area (Å²) in [6.07, 6.45) is 1.85. The third kappa shape index (κ3) is 3.58. The van der Waals surface area contributed by atoms with Crippen LogP contribution >= 0.6 is 0 Å². The molecule has 0 aliphatic heterocycles. The standard InChI is InChI=1S/C16H19N3/c1-18(2)17-13-14-9-11-16(12-10-14)19(3)15-7-5-4-6-8-15/h4-13H,1-3H3/b17-13+. The van der Waals surface area contributed by atoms with E-state index < -0.39 is 0 Å². The van der Waals surface area contributed by atoms with E-state index in [0.717, 1.165) is 11.3 Å². The molecule has 0 spiro atoms. The van der Waals surface area contributed by atoms with E-state index in [1.807, 2.05) is 38.5 Å². The van der Waals surface area contributed by atoms with Crippen molar-refractivity contribution in [2.45, 2.75) is 0 Å². The van der Waals surface area contributed by atoms with Crippen molar-refractivity contribution in [2.75, 3.05) is 26.0 Å². The van der Waals surface area contributed by atoms with Gasteiger partial charge in [-0.25, -0.2) is 0 Å². The van der Waals surface area contributed by atoms with Crippen molar-refractivity contribution in [2.24, 2.45) is 5.10 Å². The van der Waals surface area contributed by atoms with Crippen LogP contribution in [-0.4, -0.2) is 32.4 Å². The van der Waals surface area contributed by atoms with Crippen LogP contribution in [0.25, 0.3) is 0 Å². The number of hydrazone groups is 1. The van der Waals surface area contributed by atoms with Crippen LogP contribution in [0.2, 0.25) is 0 Å². The van der Waals surface area contributed by atoms with Crippen molar-refractivity contribution in [1.82, 2.24) is 5.01 Å². The first-order valence-electron chi connectivity index (χ1n) is 6.27. The monoisotopic (exact) mass is 253 g/mol. The van der Waals surface area contributed by atoms with Crippen molar-refractivity contribution >= 4 is 17.6 Å². The molecule has 19 heavy (non-hydrogen) atoms. The molecular formula is C16H19N3. The number of para-hydroxylation sites is 1. The van der Waals surface area contributed by atoms with Gasteiger partial charge in [-0.2, -0.15) is 5.10 Å². The average Bonchev–Trinajstić information content (AvgIpc) is 2.46. The first-order valence-corrected chi connectivity index (χ1v) is 6.27. The van der Waals surface area contributed by atoms with Crippen molar-refractivity contribution < 1.29 is 0 Å². The highest BCUT2D eigenvalue weighted by molar-refractivity contribution is 5.80. The number of nitrogens with zero attached hydrogens (tertiary/aromatic N) is 3. The second-order valence-electron chi connectivity index (χ2n) is 4.58. The van der Waals surface area contributed by atoms with E-state index in [4.69, 9.17) is 0 Å². The lowest BCUT2D eigenvalue weighted by atomic mass is 10.2. The molecule has 2 aromatic carbocycles. The van der Waals surface area contributed by atoms with Crippen LogP contribution in [0.3, 0.4) is 0 Å². The molecule has 0 bridgehead atoms. The Morgan fingerprint density at radius 3 is 1.95 bits per heavy atom.